The van der Waals surface area contributed by atoms with E-state index in [9.17, 15) is 18.3 Å². The molecule has 2 nitrogen and oxygen atoms in total. The lowest BCUT2D eigenvalue weighted by Gasteiger charge is -2.59. The molecule has 6 aliphatic rings. The predicted molar refractivity (Wildman–Crippen MR) is 80.2 cm³/mol. The Balaban J connectivity index is 1.49. The summed E-state index contributed by atoms with van der Waals surface area (Å²) in [6.07, 6.45) is 4.13. The van der Waals surface area contributed by atoms with Gasteiger partial charge >= 0.3 is 0 Å². The minimum atomic E-state index is -3.25. The quantitative estimate of drug-likeness (QED) is 0.830. The molecule has 6 fully saturated rings. The average molecular weight is 332 g/mol. The Bertz CT molecular complexity index is 472. The van der Waals surface area contributed by atoms with Crippen LogP contribution >= 0.6 is 0 Å². The van der Waals surface area contributed by atoms with Crippen molar-refractivity contribution in [3.05, 3.63) is 0 Å². The number of hydrogen-bond donors (Lipinski definition) is 1. The molecule has 0 amide bonds. The fraction of sp³-hybridized carbons (Fsp3) is 1.00. The first-order valence-corrected chi connectivity index (χ1v) is 9.03. The lowest BCUT2D eigenvalue weighted by molar-refractivity contribution is -0.283. The average Bonchev–Trinajstić information content (AvgIpc) is 2.54. The third-order valence-electron chi connectivity index (χ3n) is 7.81. The van der Waals surface area contributed by atoms with Gasteiger partial charge in [-0.2, -0.15) is 0 Å². The molecule has 1 unspecified atom stereocenters. The highest BCUT2D eigenvalue weighted by Gasteiger charge is 2.70. The van der Waals surface area contributed by atoms with E-state index in [1.807, 2.05) is 0 Å². The smallest absolute Gasteiger partial charge is 0.284 e. The molecule has 0 radical (unpaired) electrons. The van der Waals surface area contributed by atoms with Crippen LogP contribution in [-0.4, -0.2) is 35.0 Å². The van der Waals surface area contributed by atoms with Crippen molar-refractivity contribution in [1.29, 1.82) is 0 Å². The molecule has 1 atom stereocenters. The first-order chi connectivity index (χ1) is 10.6. The van der Waals surface area contributed by atoms with Gasteiger partial charge in [0.1, 0.15) is 0 Å². The maximum Gasteiger partial charge on any atom is 0.284 e. The van der Waals surface area contributed by atoms with Crippen molar-refractivity contribution in [3.63, 3.8) is 0 Å². The molecule has 6 rings (SSSR count). The van der Waals surface area contributed by atoms with E-state index >= 15 is 0 Å². The Morgan fingerprint density at radius 2 is 1.43 bits per heavy atom. The lowest BCUT2D eigenvalue weighted by Crippen LogP contribution is -2.64. The summed E-state index contributed by atoms with van der Waals surface area (Å²) in [5.41, 5.74) is -3.05. The first-order valence-electron chi connectivity index (χ1n) is 9.03. The summed E-state index contributed by atoms with van der Waals surface area (Å²) in [5, 5.41) is 10.3. The van der Waals surface area contributed by atoms with Crippen LogP contribution in [0.5, 0.6) is 0 Å². The van der Waals surface area contributed by atoms with E-state index in [2.05, 4.69) is 0 Å². The number of fused-ring (bicyclic) bond motifs is 6. The Morgan fingerprint density at radius 3 is 1.96 bits per heavy atom. The normalized spacial score (nSPS) is 54.4. The van der Waals surface area contributed by atoms with Crippen molar-refractivity contribution < 1.29 is 23.0 Å². The van der Waals surface area contributed by atoms with Crippen LogP contribution in [0.25, 0.3) is 0 Å². The SMILES string of the molecule is CC12CCC(COC34CCC(O)(CC3)CC4)(CC1)C(F)C2(F)F. The van der Waals surface area contributed by atoms with Gasteiger partial charge in [-0.3, -0.25) is 0 Å². The van der Waals surface area contributed by atoms with Crippen molar-refractivity contribution in [3.8, 4) is 0 Å². The van der Waals surface area contributed by atoms with E-state index < -0.39 is 28.5 Å². The van der Waals surface area contributed by atoms with E-state index in [-0.39, 0.29) is 12.2 Å². The van der Waals surface area contributed by atoms with Gasteiger partial charge < -0.3 is 9.84 Å². The van der Waals surface area contributed by atoms with Crippen molar-refractivity contribution >= 4 is 0 Å². The highest BCUT2D eigenvalue weighted by molar-refractivity contribution is 5.13. The molecule has 23 heavy (non-hydrogen) atoms. The summed E-state index contributed by atoms with van der Waals surface area (Å²) in [5.74, 6) is -3.25. The maximum atomic E-state index is 14.7. The number of rotatable bonds is 3. The van der Waals surface area contributed by atoms with E-state index in [4.69, 9.17) is 4.74 Å². The van der Waals surface area contributed by atoms with Crippen LogP contribution in [-0.2, 0) is 4.74 Å². The van der Waals surface area contributed by atoms with Gasteiger partial charge in [-0.25, -0.2) is 13.2 Å². The molecule has 0 aromatic rings. The summed E-state index contributed by atoms with van der Waals surface area (Å²) in [6, 6.07) is 0. The fourth-order valence-electron chi connectivity index (χ4n) is 5.44. The topological polar surface area (TPSA) is 29.5 Å². The predicted octanol–water partition coefficient (Wildman–Crippen LogP) is 4.39. The molecule has 1 N–H and O–H groups in total. The van der Waals surface area contributed by atoms with Crippen LogP contribution in [0, 0.1) is 10.8 Å². The van der Waals surface area contributed by atoms with Crippen LogP contribution in [0.3, 0.4) is 0 Å². The third-order valence-corrected chi connectivity index (χ3v) is 7.81. The van der Waals surface area contributed by atoms with E-state index in [1.54, 1.807) is 0 Å². The van der Waals surface area contributed by atoms with Crippen molar-refractivity contribution in [2.45, 2.75) is 94.4 Å². The molecule has 6 aliphatic carbocycles. The molecular formula is C18H27F3O2. The molecule has 132 valence electrons. The van der Waals surface area contributed by atoms with Gasteiger partial charge in [0.25, 0.3) is 5.92 Å². The zero-order chi connectivity index (χ0) is 16.6. The monoisotopic (exact) mass is 332 g/mol. The number of halogens is 3. The van der Waals surface area contributed by atoms with Gasteiger partial charge in [-0.15, -0.1) is 0 Å². The fourth-order valence-corrected chi connectivity index (χ4v) is 5.44. The molecule has 4 bridgehead atoms. The standard InChI is InChI=1S/C18H27F3O2/c1-14-2-4-15(5-3-14,13(19)18(14,20)21)12-23-17-9-6-16(22,7-10-17)8-11-17/h13,22H,2-12H2,1H3. The van der Waals surface area contributed by atoms with Crippen LogP contribution in [0.2, 0.25) is 0 Å². The minimum absolute atomic E-state index is 0.109. The number of aliphatic hydroxyl groups is 1. The molecular weight excluding hydrogens is 305 g/mol. The van der Waals surface area contributed by atoms with Gasteiger partial charge in [0.15, 0.2) is 6.17 Å². The van der Waals surface area contributed by atoms with Gasteiger partial charge in [0.05, 0.1) is 17.8 Å². The largest absolute Gasteiger partial charge is 0.390 e. The van der Waals surface area contributed by atoms with Gasteiger partial charge in [0.2, 0.25) is 0 Å². The second kappa shape index (κ2) is 4.66. The molecule has 0 saturated heterocycles. The lowest BCUT2D eigenvalue weighted by atomic mass is 9.51. The Hall–Kier alpha value is -0.290. The Labute approximate surface area is 135 Å². The molecule has 0 spiro atoms. The number of hydrogen-bond acceptors (Lipinski definition) is 2. The molecule has 0 aromatic carbocycles. The second-order valence-corrected chi connectivity index (χ2v) is 9.10. The summed E-state index contributed by atoms with van der Waals surface area (Å²) in [6.45, 7) is 1.64. The Morgan fingerprint density at radius 1 is 0.913 bits per heavy atom. The zero-order valence-corrected chi connectivity index (χ0v) is 13.8. The molecule has 0 aromatic heterocycles. The van der Waals surface area contributed by atoms with Gasteiger partial charge in [0, 0.05) is 10.8 Å². The van der Waals surface area contributed by atoms with Gasteiger partial charge in [-0.05, 0) is 64.2 Å². The molecule has 5 heteroatoms. The van der Waals surface area contributed by atoms with E-state index in [0.29, 0.717) is 44.9 Å². The van der Waals surface area contributed by atoms with Crippen molar-refractivity contribution in [1.82, 2.24) is 0 Å². The molecule has 6 saturated carbocycles. The van der Waals surface area contributed by atoms with E-state index in [1.165, 1.54) is 6.92 Å². The highest BCUT2D eigenvalue weighted by Crippen LogP contribution is 2.65. The minimum Gasteiger partial charge on any atom is -0.390 e. The second-order valence-electron chi connectivity index (χ2n) is 9.10. The van der Waals surface area contributed by atoms with E-state index in [0.717, 1.165) is 19.3 Å². The van der Waals surface area contributed by atoms with Gasteiger partial charge in [-0.1, -0.05) is 6.92 Å². The number of alkyl halides is 3. The summed E-state index contributed by atoms with van der Waals surface area (Å²) in [7, 11) is 0. The van der Waals surface area contributed by atoms with Crippen LogP contribution < -0.4 is 0 Å². The summed E-state index contributed by atoms with van der Waals surface area (Å²) >= 11 is 0. The summed E-state index contributed by atoms with van der Waals surface area (Å²) in [4.78, 5) is 0. The third kappa shape index (κ3) is 2.14. The summed E-state index contributed by atoms with van der Waals surface area (Å²) < 4.78 is 49.8. The first kappa shape index (κ1) is 16.2. The highest BCUT2D eigenvalue weighted by atomic mass is 19.3. The zero-order valence-electron chi connectivity index (χ0n) is 13.8. The maximum absolute atomic E-state index is 14.7. The number of ether oxygens (including phenoxy) is 1. The van der Waals surface area contributed by atoms with Crippen LogP contribution in [0.1, 0.15) is 71.1 Å². The molecule has 0 heterocycles. The van der Waals surface area contributed by atoms with Crippen molar-refractivity contribution in [2.24, 2.45) is 10.8 Å². The van der Waals surface area contributed by atoms with Crippen LogP contribution in [0.15, 0.2) is 0 Å². The van der Waals surface area contributed by atoms with Crippen molar-refractivity contribution in [2.75, 3.05) is 6.61 Å². The van der Waals surface area contributed by atoms with Crippen LogP contribution in [0.4, 0.5) is 13.2 Å². The molecule has 0 aliphatic heterocycles. The Kier molecular flexibility index (Phi) is 3.28.